The lowest BCUT2D eigenvalue weighted by Gasteiger charge is -2.34. The molecule has 0 aromatic heterocycles. The molecule has 1 saturated heterocycles. The van der Waals surface area contributed by atoms with Crippen molar-refractivity contribution in [3.8, 4) is 0 Å². The summed E-state index contributed by atoms with van der Waals surface area (Å²) in [6.45, 7) is 6.52. The molecule has 0 aliphatic carbocycles. The number of hydrogen-bond donors (Lipinski definition) is 0. The van der Waals surface area contributed by atoms with E-state index in [1.165, 1.54) is 11.1 Å². The monoisotopic (exact) mass is 320 g/mol. The maximum absolute atomic E-state index is 12.3. The van der Waals surface area contributed by atoms with E-state index in [1.54, 1.807) is 6.08 Å². The minimum atomic E-state index is 0.105. The lowest BCUT2D eigenvalue weighted by atomic mass is 10.1. The van der Waals surface area contributed by atoms with Crippen molar-refractivity contribution in [3.63, 3.8) is 0 Å². The number of nitrogens with zero attached hydrogens (tertiary/aromatic N) is 2. The number of carbonyl (C=O) groups is 1. The maximum atomic E-state index is 12.3. The van der Waals surface area contributed by atoms with E-state index in [-0.39, 0.29) is 5.91 Å². The van der Waals surface area contributed by atoms with E-state index in [2.05, 4.69) is 36.1 Å². The summed E-state index contributed by atoms with van der Waals surface area (Å²) >= 11 is 0. The first-order valence-corrected chi connectivity index (χ1v) is 8.51. The predicted molar refractivity (Wildman–Crippen MR) is 98.5 cm³/mol. The van der Waals surface area contributed by atoms with E-state index >= 15 is 0 Å². The molecule has 1 aliphatic rings. The quantitative estimate of drug-likeness (QED) is 0.807. The van der Waals surface area contributed by atoms with Crippen molar-refractivity contribution in [2.75, 3.05) is 26.2 Å². The molecular weight excluding hydrogens is 296 g/mol. The Bertz CT molecular complexity index is 684. The summed E-state index contributed by atoms with van der Waals surface area (Å²) in [5.41, 5.74) is 3.69. The van der Waals surface area contributed by atoms with Crippen LogP contribution in [0.5, 0.6) is 0 Å². The molecule has 0 bridgehead atoms. The van der Waals surface area contributed by atoms with Gasteiger partial charge in [0.1, 0.15) is 0 Å². The Kier molecular flexibility index (Phi) is 5.44. The van der Waals surface area contributed by atoms with Crippen LogP contribution in [0.4, 0.5) is 0 Å². The van der Waals surface area contributed by atoms with Crippen LogP contribution >= 0.6 is 0 Å². The molecule has 0 atom stereocenters. The van der Waals surface area contributed by atoms with Crippen LogP contribution in [0.1, 0.15) is 16.7 Å². The predicted octanol–water partition coefficient (Wildman–Crippen LogP) is 3.35. The molecular formula is C21H24N2O. The SMILES string of the molecule is Cc1ccc(CN2CCN(C(=O)/C=C/c3ccccc3)CC2)cc1. The van der Waals surface area contributed by atoms with Crippen LogP contribution < -0.4 is 0 Å². The van der Waals surface area contributed by atoms with E-state index in [1.807, 2.05) is 41.3 Å². The molecule has 1 fully saturated rings. The van der Waals surface area contributed by atoms with Gasteiger partial charge in [0.05, 0.1) is 0 Å². The topological polar surface area (TPSA) is 23.6 Å². The molecule has 1 aliphatic heterocycles. The minimum Gasteiger partial charge on any atom is -0.337 e. The van der Waals surface area contributed by atoms with Crippen LogP contribution in [0, 0.1) is 6.92 Å². The van der Waals surface area contributed by atoms with Gasteiger partial charge in [-0.1, -0.05) is 60.2 Å². The van der Waals surface area contributed by atoms with Crippen molar-refractivity contribution in [1.29, 1.82) is 0 Å². The number of hydrogen-bond acceptors (Lipinski definition) is 2. The second kappa shape index (κ2) is 7.93. The lowest BCUT2D eigenvalue weighted by Crippen LogP contribution is -2.47. The van der Waals surface area contributed by atoms with Gasteiger partial charge in [0, 0.05) is 38.8 Å². The smallest absolute Gasteiger partial charge is 0.246 e. The maximum Gasteiger partial charge on any atom is 0.246 e. The molecule has 0 spiro atoms. The molecule has 2 aromatic carbocycles. The average molecular weight is 320 g/mol. The minimum absolute atomic E-state index is 0.105. The van der Waals surface area contributed by atoms with Crippen LogP contribution in [0.3, 0.4) is 0 Å². The van der Waals surface area contributed by atoms with Crippen LogP contribution in [-0.2, 0) is 11.3 Å². The summed E-state index contributed by atoms with van der Waals surface area (Å²) in [6, 6.07) is 18.6. The van der Waals surface area contributed by atoms with Gasteiger partial charge < -0.3 is 4.90 Å². The van der Waals surface area contributed by atoms with E-state index in [4.69, 9.17) is 0 Å². The summed E-state index contributed by atoms with van der Waals surface area (Å²) in [7, 11) is 0. The van der Waals surface area contributed by atoms with Crippen molar-refractivity contribution >= 4 is 12.0 Å². The highest BCUT2D eigenvalue weighted by atomic mass is 16.2. The Morgan fingerprint density at radius 2 is 1.62 bits per heavy atom. The Balaban J connectivity index is 1.48. The normalized spacial score (nSPS) is 15.8. The first-order valence-electron chi connectivity index (χ1n) is 8.51. The first kappa shape index (κ1) is 16.5. The molecule has 3 rings (SSSR count). The standard InChI is InChI=1S/C21H24N2O/c1-18-7-9-20(10-8-18)17-22-13-15-23(16-14-22)21(24)12-11-19-5-3-2-4-6-19/h2-12H,13-17H2,1H3/b12-11+. The number of benzene rings is 2. The molecule has 3 heteroatoms. The van der Waals surface area contributed by atoms with Crippen molar-refractivity contribution in [1.82, 2.24) is 9.80 Å². The largest absolute Gasteiger partial charge is 0.337 e. The van der Waals surface area contributed by atoms with Crippen LogP contribution in [-0.4, -0.2) is 41.9 Å². The molecule has 0 unspecified atom stereocenters. The Morgan fingerprint density at radius 1 is 0.958 bits per heavy atom. The summed E-state index contributed by atoms with van der Waals surface area (Å²) in [4.78, 5) is 16.6. The Labute approximate surface area is 144 Å². The second-order valence-corrected chi connectivity index (χ2v) is 6.33. The van der Waals surface area contributed by atoms with E-state index in [0.717, 1.165) is 38.3 Å². The summed E-state index contributed by atoms with van der Waals surface area (Å²) < 4.78 is 0. The fraction of sp³-hybridized carbons (Fsp3) is 0.286. The number of piperazine rings is 1. The van der Waals surface area contributed by atoms with Gasteiger partial charge in [-0.15, -0.1) is 0 Å². The van der Waals surface area contributed by atoms with Gasteiger partial charge in [0.2, 0.25) is 5.91 Å². The molecule has 0 N–H and O–H groups in total. The number of amides is 1. The third-order valence-electron chi connectivity index (χ3n) is 4.43. The van der Waals surface area contributed by atoms with E-state index < -0.39 is 0 Å². The van der Waals surface area contributed by atoms with Crippen molar-refractivity contribution in [2.45, 2.75) is 13.5 Å². The average Bonchev–Trinajstić information content (AvgIpc) is 2.63. The number of aryl methyl sites for hydroxylation is 1. The van der Waals surface area contributed by atoms with Crippen LogP contribution in [0.15, 0.2) is 60.7 Å². The molecule has 0 saturated carbocycles. The fourth-order valence-electron chi connectivity index (χ4n) is 2.92. The lowest BCUT2D eigenvalue weighted by molar-refractivity contribution is -0.127. The fourth-order valence-corrected chi connectivity index (χ4v) is 2.92. The zero-order valence-electron chi connectivity index (χ0n) is 14.2. The highest BCUT2D eigenvalue weighted by Crippen LogP contribution is 2.10. The van der Waals surface area contributed by atoms with Gasteiger partial charge in [0.15, 0.2) is 0 Å². The van der Waals surface area contributed by atoms with Crippen molar-refractivity contribution in [3.05, 3.63) is 77.4 Å². The molecule has 0 radical (unpaired) electrons. The molecule has 3 nitrogen and oxygen atoms in total. The van der Waals surface area contributed by atoms with Gasteiger partial charge in [0.25, 0.3) is 0 Å². The van der Waals surface area contributed by atoms with Gasteiger partial charge in [-0.05, 0) is 24.1 Å². The Hall–Kier alpha value is -2.39. The van der Waals surface area contributed by atoms with E-state index in [0.29, 0.717) is 0 Å². The summed E-state index contributed by atoms with van der Waals surface area (Å²) in [5, 5.41) is 0. The van der Waals surface area contributed by atoms with Crippen molar-refractivity contribution in [2.24, 2.45) is 0 Å². The second-order valence-electron chi connectivity index (χ2n) is 6.33. The van der Waals surface area contributed by atoms with Gasteiger partial charge in [-0.2, -0.15) is 0 Å². The summed E-state index contributed by atoms with van der Waals surface area (Å²) in [5.74, 6) is 0.105. The van der Waals surface area contributed by atoms with Crippen molar-refractivity contribution < 1.29 is 4.79 Å². The van der Waals surface area contributed by atoms with Gasteiger partial charge in [-0.25, -0.2) is 0 Å². The van der Waals surface area contributed by atoms with Crippen LogP contribution in [0.25, 0.3) is 6.08 Å². The first-order chi connectivity index (χ1) is 11.7. The Morgan fingerprint density at radius 3 is 2.29 bits per heavy atom. The highest BCUT2D eigenvalue weighted by molar-refractivity contribution is 5.91. The molecule has 124 valence electrons. The van der Waals surface area contributed by atoms with Gasteiger partial charge in [-0.3, -0.25) is 9.69 Å². The highest BCUT2D eigenvalue weighted by Gasteiger charge is 2.19. The summed E-state index contributed by atoms with van der Waals surface area (Å²) in [6.07, 6.45) is 3.58. The van der Waals surface area contributed by atoms with Crippen LogP contribution in [0.2, 0.25) is 0 Å². The number of carbonyl (C=O) groups excluding carboxylic acids is 1. The zero-order chi connectivity index (χ0) is 16.8. The van der Waals surface area contributed by atoms with Gasteiger partial charge >= 0.3 is 0 Å². The molecule has 1 amide bonds. The molecule has 1 heterocycles. The number of rotatable bonds is 4. The third-order valence-corrected chi connectivity index (χ3v) is 4.43. The molecule has 2 aromatic rings. The van der Waals surface area contributed by atoms with E-state index in [9.17, 15) is 4.79 Å². The zero-order valence-corrected chi connectivity index (χ0v) is 14.2. The third kappa shape index (κ3) is 4.56. The molecule has 24 heavy (non-hydrogen) atoms.